The van der Waals surface area contributed by atoms with Gasteiger partial charge in [-0.25, -0.2) is 13.4 Å². The molecule has 1 unspecified atom stereocenters. The minimum atomic E-state index is -3.63. The summed E-state index contributed by atoms with van der Waals surface area (Å²) in [6.45, 7) is 5.61. The SMILES string of the molecule is C=C[C@@H]1C[C@]1(NC(=O)[C@@H]1C[C@@H](Oc2ncc(OC)c3ccc(Cl)cc23)CN1C(=O)C(CC)Nc1nsnc1OC)C(=O)CS(=O)(=O)C1CC1. The number of methoxy groups -OCH3 is 2. The van der Waals surface area contributed by atoms with Gasteiger partial charge in [0.15, 0.2) is 15.6 Å². The van der Waals surface area contributed by atoms with Crippen molar-refractivity contribution < 1.29 is 37.0 Å². The van der Waals surface area contributed by atoms with Crippen LogP contribution in [0.15, 0.2) is 37.1 Å². The first-order valence-electron chi connectivity index (χ1n) is 15.9. The molecule has 0 bridgehead atoms. The van der Waals surface area contributed by atoms with E-state index in [1.165, 1.54) is 25.3 Å². The third-order valence-electron chi connectivity index (χ3n) is 9.30. The summed E-state index contributed by atoms with van der Waals surface area (Å²) >= 11 is 7.24. The highest BCUT2D eigenvalue weighted by molar-refractivity contribution is 7.93. The number of aromatic nitrogens is 3. The van der Waals surface area contributed by atoms with Crippen LogP contribution in [0.4, 0.5) is 5.82 Å². The molecule has 3 aliphatic rings. The van der Waals surface area contributed by atoms with Gasteiger partial charge >= 0.3 is 0 Å². The third kappa shape index (κ3) is 6.90. The second-order valence-electron chi connectivity index (χ2n) is 12.5. The van der Waals surface area contributed by atoms with Crippen molar-refractivity contribution in [1.29, 1.82) is 0 Å². The van der Waals surface area contributed by atoms with Crippen molar-refractivity contribution in [1.82, 2.24) is 23.9 Å². The Morgan fingerprint density at radius 2 is 1.96 bits per heavy atom. The molecule has 3 fully saturated rings. The lowest BCUT2D eigenvalue weighted by atomic mass is 10.1. The molecule has 3 heterocycles. The van der Waals surface area contributed by atoms with Crippen LogP contribution in [0, 0.1) is 5.92 Å². The van der Waals surface area contributed by atoms with Gasteiger partial charge in [0.25, 0.3) is 5.88 Å². The molecular formula is C32H37ClN6O8S2. The molecule has 0 radical (unpaired) electrons. The first-order chi connectivity index (χ1) is 23.4. The summed E-state index contributed by atoms with van der Waals surface area (Å²) in [7, 11) is -0.657. The molecule has 0 spiro atoms. The van der Waals surface area contributed by atoms with Gasteiger partial charge in [0, 0.05) is 28.1 Å². The Labute approximate surface area is 292 Å². The van der Waals surface area contributed by atoms with Crippen LogP contribution in [-0.2, 0) is 24.2 Å². The number of benzene rings is 1. The maximum absolute atomic E-state index is 14.2. The minimum Gasteiger partial charge on any atom is -0.494 e. The van der Waals surface area contributed by atoms with E-state index in [2.05, 4.69) is 30.9 Å². The predicted molar refractivity (Wildman–Crippen MR) is 183 cm³/mol. The Morgan fingerprint density at radius 3 is 2.61 bits per heavy atom. The van der Waals surface area contributed by atoms with Gasteiger partial charge in [-0.05, 0) is 43.9 Å². The normalized spacial score (nSPS) is 23.8. The molecule has 49 heavy (non-hydrogen) atoms. The summed E-state index contributed by atoms with van der Waals surface area (Å²) in [5, 5.41) is 7.16. The molecule has 2 saturated carbocycles. The van der Waals surface area contributed by atoms with Gasteiger partial charge in [0.1, 0.15) is 35.2 Å². The van der Waals surface area contributed by atoms with Crippen LogP contribution in [0.5, 0.6) is 17.5 Å². The Bertz CT molecular complexity index is 1900. The van der Waals surface area contributed by atoms with Crippen LogP contribution in [0.2, 0.25) is 5.02 Å². The second-order valence-corrected chi connectivity index (χ2v) is 15.7. The number of likely N-dealkylation sites (tertiary alicyclic amines) is 1. The predicted octanol–water partition coefficient (Wildman–Crippen LogP) is 3.20. The van der Waals surface area contributed by atoms with Gasteiger partial charge in [-0.15, -0.1) is 11.0 Å². The number of nitrogens with one attached hydrogen (secondary N) is 2. The molecule has 1 aromatic carbocycles. The van der Waals surface area contributed by atoms with E-state index in [0.717, 1.165) is 11.7 Å². The lowest BCUT2D eigenvalue weighted by Gasteiger charge is -2.29. The summed E-state index contributed by atoms with van der Waals surface area (Å²) in [6.07, 6.45) is 4.05. The van der Waals surface area contributed by atoms with E-state index in [0.29, 0.717) is 46.6 Å². The van der Waals surface area contributed by atoms with Crippen molar-refractivity contribution in [3.63, 3.8) is 0 Å². The van der Waals surface area contributed by atoms with Crippen LogP contribution in [0.25, 0.3) is 10.8 Å². The summed E-state index contributed by atoms with van der Waals surface area (Å²) in [4.78, 5) is 47.7. The molecule has 5 atom stereocenters. The van der Waals surface area contributed by atoms with Gasteiger partial charge in [0.05, 0.1) is 43.9 Å². The third-order valence-corrected chi connectivity index (χ3v) is 12.2. The number of Topliss-reactive ketones (excluding diaryl/α,β-unsaturated/α-hetero) is 1. The zero-order chi connectivity index (χ0) is 35.1. The molecule has 2 aliphatic carbocycles. The number of ketones is 1. The Balaban J connectivity index is 1.28. The largest absolute Gasteiger partial charge is 0.494 e. The zero-order valence-electron chi connectivity index (χ0n) is 27.2. The van der Waals surface area contributed by atoms with Crippen molar-refractivity contribution >= 4 is 67.4 Å². The summed E-state index contributed by atoms with van der Waals surface area (Å²) < 4.78 is 50.8. The van der Waals surface area contributed by atoms with Crippen molar-refractivity contribution in [3.8, 4) is 17.5 Å². The number of rotatable bonds is 15. The molecule has 262 valence electrons. The number of hydrogen-bond donors (Lipinski definition) is 2. The van der Waals surface area contributed by atoms with Crippen LogP contribution in [-0.4, -0.2) is 100 Å². The number of pyridine rings is 1. The highest BCUT2D eigenvalue weighted by Crippen LogP contribution is 2.46. The van der Waals surface area contributed by atoms with E-state index in [1.807, 2.05) is 6.92 Å². The van der Waals surface area contributed by atoms with Crippen LogP contribution >= 0.6 is 23.3 Å². The number of fused-ring (bicyclic) bond motifs is 1. The van der Waals surface area contributed by atoms with E-state index < -0.39 is 68.1 Å². The summed E-state index contributed by atoms with van der Waals surface area (Å²) in [5.41, 5.74) is -1.42. The number of hydrogen-bond acceptors (Lipinski definition) is 13. The highest BCUT2D eigenvalue weighted by atomic mass is 35.5. The second kappa shape index (κ2) is 13.7. The fraction of sp³-hybridized carbons (Fsp3) is 0.500. The monoisotopic (exact) mass is 732 g/mol. The van der Waals surface area contributed by atoms with Gasteiger partial charge in [-0.2, -0.15) is 4.37 Å². The van der Waals surface area contributed by atoms with E-state index in [1.54, 1.807) is 24.3 Å². The molecule has 17 heteroatoms. The number of carbonyl (C=O) groups excluding carboxylic acids is 3. The zero-order valence-corrected chi connectivity index (χ0v) is 29.6. The van der Waals surface area contributed by atoms with Crippen molar-refractivity contribution in [3.05, 3.63) is 42.1 Å². The lowest BCUT2D eigenvalue weighted by Crippen LogP contribution is -2.55. The van der Waals surface area contributed by atoms with Crippen molar-refractivity contribution in [2.75, 3.05) is 31.8 Å². The number of carbonyl (C=O) groups is 3. The number of nitrogens with zero attached hydrogens (tertiary/aromatic N) is 4. The van der Waals surface area contributed by atoms with Gasteiger partial charge < -0.3 is 29.7 Å². The maximum atomic E-state index is 14.2. The van der Waals surface area contributed by atoms with Crippen LogP contribution < -0.4 is 24.8 Å². The molecule has 1 saturated heterocycles. The highest BCUT2D eigenvalue weighted by Gasteiger charge is 2.61. The van der Waals surface area contributed by atoms with Crippen LogP contribution in [0.3, 0.4) is 0 Å². The number of halogens is 1. The quantitative estimate of drug-likeness (QED) is 0.218. The van der Waals surface area contributed by atoms with E-state index >= 15 is 0 Å². The Kier molecular flexibility index (Phi) is 9.74. The number of amides is 2. The van der Waals surface area contributed by atoms with Gasteiger partial charge in [0.2, 0.25) is 23.5 Å². The van der Waals surface area contributed by atoms with Crippen LogP contribution in [0.1, 0.15) is 39.0 Å². The molecule has 14 nitrogen and oxygen atoms in total. The fourth-order valence-corrected chi connectivity index (χ4v) is 8.70. The average molecular weight is 733 g/mol. The Hall–Kier alpha value is -4.02. The minimum absolute atomic E-state index is 0.0131. The standard InChI is InChI=1S/C32H37ClN6O8S2/c1-5-17-13-32(17,26(40)16-49(43,44)20-8-9-20)36-28(41)24-12-19(47-29-22-11-18(33)7-10-21(22)25(45-3)14-34-29)15-39(24)31(42)23(6-2)35-27-30(46-4)38-48-37-27/h5,7,10-11,14,17,19-20,23-24H,1,6,8-9,12-13,15-16H2,2-4H3,(H,35,37)(H,36,41)/t17-,19-,23?,24+,32-/m1/s1. The average Bonchev–Trinajstić information content (AvgIpc) is 3.98. The van der Waals surface area contributed by atoms with E-state index in [-0.39, 0.29) is 31.1 Å². The van der Waals surface area contributed by atoms with Gasteiger partial charge in [-0.3, -0.25) is 14.4 Å². The molecule has 2 amide bonds. The first kappa shape index (κ1) is 34.8. The van der Waals surface area contributed by atoms with Crippen molar-refractivity contribution in [2.45, 2.75) is 68.0 Å². The smallest absolute Gasteiger partial charge is 0.270 e. The number of anilines is 1. The van der Waals surface area contributed by atoms with E-state index in [4.69, 9.17) is 25.8 Å². The molecular weight excluding hydrogens is 696 g/mol. The van der Waals surface area contributed by atoms with E-state index in [9.17, 15) is 22.8 Å². The number of ether oxygens (including phenoxy) is 3. The van der Waals surface area contributed by atoms with Gasteiger partial charge in [-0.1, -0.05) is 24.6 Å². The first-order valence-corrected chi connectivity index (χ1v) is 18.7. The molecule has 6 rings (SSSR count). The maximum Gasteiger partial charge on any atom is 0.270 e. The fourth-order valence-electron chi connectivity index (χ4n) is 6.33. The molecule has 2 N–H and O–H groups in total. The lowest BCUT2D eigenvalue weighted by molar-refractivity contribution is -0.140. The Morgan fingerprint density at radius 1 is 1.18 bits per heavy atom. The topological polar surface area (TPSA) is 179 Å². The molecule has 3 aromatic rings. The number of sulfone groups is 1. The molecule has 2 aromatic heterocycles. The molecule has 1 aliphatic heterocycles. The summed E-state index contributed by atoms with van der Waals surface area (Å²) in [6, 6.07) is 3.33. The summed E-state index contributed by atoms with van der Waals surface area (Å²) in [5.74, 6) is -1.41. The van der Waals surface area contributed by atoms with Crippen molar-refractivity contribution in [2.24, 2.45) is 5.92 Å².